The summed E-state index contributed by atoms with van der Waals surface area (Å²) in [5.41, 5.74) is 1.25. The van der Waals surface area contributed by atoms with E-state index in [1.165, 1.54) is 36.4 Å². The number of rotatable bonds is 7. The molecule has 0 spiro atoms. The van der Waals surface area contributed by atoms with Gasteiger partial charge in [-0.25, -0.2) is 9.71 Å². The number of hydrogen-bond acceptors (Lipinski definition) is 5. The molecule has 0 atom stereocenters. The van der Waals surface area contributed by atoms with Gasteiger partial charge < -0.3 is 9.32 Å². The van der Waals surface area contributed by atoms with Crippen LogP contribution in [0, 0.1) is 0 Å². The number of aromatic nitrogens is 1. The number of halogens is 1. The number of amides is 1. The third-order valence-corrected chi connectivity index (χ3v) is 5.38. The van der Waals surface area contributed by atoms with Crippen molar-refractivity contribution in [3.63, 3.8) is 0 Å². The Hall–Kier alpha value is -2.88. The number of likely N-dealkylation sites (N-methyl/N-ethyl adjacent to an activating group) is 1. The zero-order chi connectivity index (χ0) is 21.0. The molecular weight excluding hydrogens is 416 g/mol. The number of nitrogens with zero attached hydrogens (tertiary/aromatic N) is 2. The smallest absolute Gasteiger partial charge is 0.300 e. The van der Waals surface area contributed by atoms with E-state index in [1.807, 2.05) is 30.3 Å². The molecule has 0 bridgehead atoms. The molecule has 2 aromatic heterocycles. The van der Waals surface area contributed by atoms with E-state index in [1.54, 1.807) is 7.05 Å². The fourth-order valence-electron chi connectivity index (χ4n) is 2.52. The second-order valence-electron chi connectivity index (χ2n) is 6.18. The minimum atomic E-state index is -3.69. The van der Waals surface area contributed by atoms with Gasteiger partial charge in [0.05, 0.1) is 11.6 Å². The maximum Gasteiger partial charge on any atom is 0.300 e. The van der Waals surface area contributed by atoms with Crippen molar-refractivity contribution >= 4 is 50.6 Å². The van der Waals surface area contributed by atoms with Crippen LogP contribution in [0.3, 0.4) is 0 Å². The second kappa shape index (κ2) is 8.64. The lowest BCUT2D eigenvalue weighted by Crippen LogP contribution is -2.26. The third kappa shape index (κ3) is 5.35. The van der Waals surface area contributed by atoms with Crippen LogP contribution in [0.2, 0.25) is 5.02 Å². The van der Waals surface area contributed by atoms with Crippen LogP contribution in [0.15, 0.2) is 53.1 Å². The zero-order valence-corrected chi connectivity index (χ0v) is 17.3. The number of anilines is 1. The molecule has 0 saturated carbocycles. The first kappa shape index (κ1) is 20.8. The van der Waals surface area contributed by atoms with Crippen molar-refractivity contribution in [1.29, 1.82) is 0 Å². The molecule has 3 rings (SSSR count). The molecule has 1 amide bonds. The topological polar surface area (TPSA) is 105 Å². The molecule has 0 saturated heterocycles. The Morgan fingerprint density at radius 2 is 2.07 bits per heavy atom. The molecule has 0 aliphatic rings. The lowest BCUT2D eigenvalue weighted by atomic mass is 10.2. The number of hydrogen-bond donors (Lipinski definition) is 2. The van der Waals surface area contributed by atoms with E-state index in [2.05, 4.69) is 14.4 Å². The summed E-state index contributed by atoms with van der Waals surface area (Å²) in [7, 11) is -0.753. The largest absolute Gasteiger partial charge is 0.459 e. The summed E-state index contributed by atoms with van der Waals surface area (Å²) in [6, 6.07) is 10.9. The van der Waals surface area contributed by atoms with Crippen LogP contribution >= 0.6 is 11.6 Å². The molecular formula is C19H19ClN4O4S. The molecule has 2 heterocycles. The van der Waals surface area contributed by atoms with Crippen LogP contribution in [0.4, 0.5) is 5.82 Å². The third-order valence-electron chi connectivity index (χ3n) is 4.04. The van der Waals surface area contributed by atoms with Crippen molar-refractivity contribution < 1.29 is 17.6 Å². The number of para-hydroxylation sites is 1. The van der Waals surface area contributed by atoms with E-state index < -0.39 is 10.2 Å². The molecule has 152 valence electrons. The molecule has 29 heavy (non-hydrogen) atoms. The molecule has 0 radical (unpaired) electrons. The number of benzene rings is 1. The Kier molecular flexibility index (Phi) is 6.21. The molecule has 0 unspecified atom stereocenters. The van der Waals surface area contributed by atoms with Gasteiger partial charge in [-0.1, -0.05) is 29.8 Å². The average Bonchev–Trinajstić information content (AvgIpc) is 3.09. The highest BCUT2D eigenvalue weighted by atomic mass is 35.5. The van der Waals surface area contributed by atoms with Gasteiger partial charge in [-0.05, 0) is 18.2 Å². The van der Waals surface area contributed by atoms with Gasteiger partial charge in [0.15, 0.2) is 0 Å². The van der Waals surface area contributed by atoms with Crippen molar-refractivity contribution in [3.8, 4) is 0 Å². The first-order valence-corrected chi connectivity index (χ1v) is 10.4. The highest BCUT2D eigenvalue weighted by Gasteiger charge is 2.11. The van der Waals surface area contributed by atoms with E-state index in [9.17, 15) is 13.2 Å². The van der Waals surface area contributed by atoms with Crippen LogP contribution in [0.1, 0.15) is 11.3 Å². The van der Waals surface area contributed by atoms with Crippen LogP contribution < -0.4 is 9.44 Å². The highest BCUT2D eigenvalue weighted by molar-refractivity contribution is 7.90. The van der Waals surface area contributed by atoms with Crippen molar-refractivity contribution in [2.24, 2.45) is 0 Å². The van der Waals surface area contributed by atoms with Crippen LogP contribution in [-0.4, -0.2) is 38.3 Å². The maximum atomic E-state index is 12.4. The zero-order valence-electron chi connectivity index (χ0n) is 15.7. The summed E-state index contributed by atoms with van der Waals surface area (Å²) in [4.78, 5) is 17.9. The summed E-state index contributed by atoms with van der Waals surface area (Å²) in [6.45, 7) is 0.314. The maximum absolute atomic E-state index is 12.4. The number of furan rings is 1. The standard InChI is InChI=1S/C19H19ClN4O4S/c1-21-29(26,27)23-18-10-16(20)14(11-22-18)7-8-19(25)24(2)12-15-9-13-5-3-4-6-17(13)28-15/h3-11,21H,12H2,1-2H3,(H,22,23)/b8-7+. The van der Waals surface area contributed by atoms with E-state index in [0.29, 0.717) is 17.9 Å². The highest BCUT2D eigenvalue weighted by Crippen LogP contribution is 2.21. The summed E-state index contributed by atoms with van der Waals surface area (Å²) in [6.07, 6.45) is 4.25. The molecule has 2 N–H and O–H groups in total. The SMILES string of the molecule is CNS(=O)(=O)Nc1cc(Cl)c(/C=C/C(=O)N(C)Cc2cc3ccccc3o2)cn1. The molecule has 8 nitrogen and oxygen atoms in total. The second-order valence-corrected chi connectivity index (χ2v) is 8.21. The minimum Gasteiger partial charge on any atom is -0.459 e. The number of fused-ring (bicyclic) bond motifs is 1. The Balaban J connectivity index is 1.66. The van der Waals surface area contributed by atoms with Crippen LogP contribution in [-0.2, 0) is 21.5 Å². The van der Waals surface area contributed by atoms with Gasteiger partial charge in [-0.2, -0.15) is 8.42 Å². The van der Waals surface area contributed by atoms with Gasteiger partial charge in [-0.3, -0.25) is 9.52 Å². The number of nitrogens with one attached hydrogen (secondary N) is 2. The van der Waals surface area contributed by atoms with Gasteiger partial charge >= 0.3 is 0 Å². The lowest BCUT2D eigenvalue weighted by molar-refractivity contribution is -0.125. The molecule has 10 heteroatoms. The normalized spacial score (nSPS) is 11.8. The predicted octanol–water partition coefficient (Wildman–Crippen LogP) is 3.03. The van der Waals surface area contributed by atoms with E-state index >= 15 is 0 Å². The number of carbonyl (C=O) groups excluding carboxylic acids is 1. The Morgan fingerprint density at radius 1 is 1.31 bits per heavy atom. The number of pyridine rings is 1. The van der Waals surface area contributed by atoms with Crippen molar-refractivity contribution in [2.45, 2.75) is 6.54 Å². The summed E-state index contributed by atoms with van der Waals surface area (Å²) in [5.74, 6) is 0.493. The summed E-state index contributed by atoms with van der Waals surface area (Å²) >= 11 is 6.15. The van der Waals surface area contributed by atoms with Gasteiger partial charge in [0.25, 0.3) is 10.2 Å². The molecule has 0 aliphatic heterocycles. The first-order chi connectivity index (χ1) is 13.8. The number of carbonyl (C=O) groups is 1. The summed E-state index contributed by atoms with van der Waals surface area (Å²) < 4.78 is 33.0. The van der Waals surface area contributed by atoms with E-state index in [4.69, 9.17) is 16.0 Å². The van der Waals surface area contributed by atoms with Crippen molar-refractivity contribution in [1.82, 2.24) is 14.6 Å². The van der Waals surface area contributed by atoms with Gasteiger partial charge in [-0.15, -0.1) is 0 Å². The van der Waals surface area contributed by atoms with Crippen molar-refractivity contribution in [3.05, 3.63) is 65.0 Å². The Bertz CT molecular complexity index is 1140. The fraction of sp³-hybridized carbons (Fsp3) is 0.158. The Morgan fingerprint density at radius 3 is 2.76 bits per heavy atom. The average molecular weight is 435 g/mol. The molecule has 0 fully saturated rings. The Labute approximate surface area is 173 Å². The van der Waals surface area contributed by atoms with E-state index in [0.717, 1.165) is 11.0 Å². The minimum absolute atomic E-state index is 0.0647. The summed E-state index contributed by atoms with van der Waals surface area (Å²) in [5, 5.41) is 1.23. The fourth-order valence-corrected chi connectivity index (χ4v) is 3.23. The van der Waals surface area contributed by atoms with Gasteiger partial charge in [0, 0.05) is 43.4 Å². The van der Waals surface area contributed by atoms with Gasteiger partial charge in [0.1, 0.15) is 17.2 Å². The lowest BCUT2D eigenvalue weighted by Gasteiger charge is -2.13. The molecule has 3 aromatic rings. The first-order valence-electron chi connectivity index (χ1n) is 8.55. The van der Waals surface area contributed by atoms with Gasteiger partial charge in [0.2, 0.25) is 5.91 Å². The van der Waals surface area contributed by atoms with Crippen LogP contribution in [0.5, 0.6) is 0 Å². The molecule has 1 aromatic carbocycles. The quantitative estimate of drug-likeness (QED) is 0.556. The monoisotopic (exact) mass is 434 g/mol. The van der Waals surface area contributed by atoms with E-state index in [-0.39, 0.29) is 16.7 Å². The predicted molar refractivity (Wildman–Crippen MR) is 113 cm³/mol. The van der Waals surface area contributed by atoms with Crippen molar-refractivity contribution in [2.75, 3.05) is 18.8 Å². The van der Waals surface area contributed by atoms with Crippen LogP contribution in [0.25, 0.3) is 17.0 Å². The molecule has 0 aliphatic carbocycles.